The minimum absolute atomic E-state index is 0.00341. The van der Waals surface area contributed by atoms with Crippen LogP contribution in [0, 0.1) is 0 Å². The maximum absolute atomic E-state index is 13.2. The highest BCUT2D eigenvalue weighted by atomic mass is 16.5. The Morgan fingerprint density at radius 2 is 1.71 bits per heavy atom. The first kappa shape index (κ1) is 23.3. The van der Waals surface area contributed by atoms with Gasteiger partial charge in [-0.1, -0.05) is 24.3 Å². The number of carboxylic acids is 1. The zero-order valence-corrected chi connectivity index (χ0v) is 20.1. The number of ether oxygens (including phenoxy) is 3. The predicted octanol–water partition coefficient (Wildman–Crippen LogP) is 5.71. The van der Waals surface area contributed by atoms with Crippen LogP contribution < -0.4 is 14.2 Å². The predicted molar refractivity (Wildman–Crippen MR) is 136 cm³/mol. The number of hydrogen-bond donors (Lipinski definition) is 1. The van der Waals surface area contributed by atoms with Crippen LogP contribution >= 0.6 is 0 Å². The third kappa shape index (κ3) is 4.02. The monoisotopic (exact) mass is 508 g/mol. The molecule has 0 bridgehead atoms. The van der Waals surface area contributed by atoms with Crippen molar-refractivity contribution in [1.82, 2.24) is 0 Å². The molecule has 6 rings (SSSR count). The Kier molecular flexibility index (Phi) is 5.57. The molecule has 8 nitrogen and oxygen atoms in total. The van der Waals surface area contributed by atoms with Crippen molar-refractivity contribution < 1.29 is 38.1 Å². The number of aromatic carboxylic acids is 1. The molecular formula is C30H20O8. The van der Waals surface area contributed by atoms with Crippen LogP contribution in [0.3, 0.4) is 0 Å². The molecule has 0 amide bonds. The first-order chi connectivity index (χ1) is 18.4. The van der Waals surface area contributed by atoms with Gasteiger partial charge in [0.15, 0.2) is 5.76 Å². The highest BCUT2D eigenvalue weighted by molar-refractivity contribution is 6.15. The Morgan fingerprint density at radius 1 is 0.947 bits per heavy atom. The number of carbonyl (C=O) groups is 3. The summed E-state index contributed by atoms with van der Waals surface area (Å²) in [7, 11) is 1.58. The Bertz CT molecular complexity index is 1620. The number of rotatable bonds is 5. The summed E-state index contributed by atoms with van der Waals surface area (Å²) in [6.45, 7) is 0. The minimum atomic E-state index is -1.02. The van der Waals surface area contributed by atoms with Crippen molar-refractivity contribution in [3.8, 4) is 28.6 Å². The largest absolute Gasteiger partial charge is 0.497 e. The number of hydrogen-bond acceptors (Lipinski definition) is 7. The smallest absolute Gasteiger partial charge is 0.335 e. The SMILES string of the molecule is COc1ccc(/C=C2\Oc3c(ccc4c3[C@@H](c3ccc(-c5ccc(C(=O)O)cc5)o3)CC(=O)O4)C2=O)cc1. The molecule has 0 saturated heterocycles. The molecule has 0 aliphatic carbocycles. The van der Waals surface area contributed by atoms with Crippen molar-refractivity contribution in [1.29, 1.82) is 0 Å². The van der Waals surface area contributed by atoms with Crippen molar-refractivity contribution in [3.05, 3.63) is 107 Å². The lowest BCUT2D eigenvalue weighted by Crippen LogP contribution is -2.21. The van der Waals surface area contributed by atoms with Crippen LogP contribution in [-0.4, -0.2) is 29.9 Å². The summed E-state index contributed by atoms with van der Waals surface area (Å²) < 4.78 is 22.9. The fourth-order valence-corrected chi connectivity index (χ4v) is 4.67. The number of allylic oxidation sites excluding steroid dienone is 1. The Balaban J connectivity index is 1.36. The zero-order valence-electron chi connectivity index (χ0n) is 20.1. The summed E-state index contributed by atoms with van der Waals surface area (Å²) >= 11 is 0. The van der Waals surface area contributed by atoms with Crippen LogP contribution in [0.25, 0.3) is 17.4 Å². The van der Waals surface area contributed by atoms with Gasteiger partial charge in [-0.05, 0) is 60.2 Å². The van der Waals surface area contributed by atoms with E-state index in [4.69, 9.17) is 23.7 Å². The first-order valence-corrected chi connectivity index (χ1v) is 11.8. The van der Waals surface area contributed by atoms with E-state index < -0.39 is 17.9 Å². The van der Waals surface area contributed by atoms with Crippen LogP contribution in [0.15, 0.2) is 83.0 Å². The van der Waals surface area contributed by atoms with Gasteiger partial charge in [-0.25, -0.2) is 4.79 Å². The second-order valence-corrected chi connectivity index (χ2v) is 8.88. The van der Waals surface area contributed by atoms with E-state index in [9.17, 15) is 14.4 Å². The van der Waals surface area contributed by atoms with E-state index in [0.29, 0.717) is 45.5 Å². The molecule has 1 atom stereocenters. The molecule has 2 aliphatic rings. The highest BCUT2D eigenvalue weighted by Gasteiger charge is 2.39. The Morgan fingerprint density at radius 3 is 2.42 bits per heavy atom. The molecule has 188 valence electrons. The quantitative estimate of drug-likeness (QED) is 0.207. The van der Waals surface area contributed by atoms with Gasteiger partial charge in [-0.2, -0.15) is 0 Å². The van der Waals surface area contributed by atoms with Gasteiger partial charge in [-0.3, -0.25) is 9.59 Å². The van der Waals surface area contributed by atoms with Gasteiger partial charge in [0.05, 0.1) is 30.6 Å². The molecule has 0 radical (unpaired) electrons. The van der Waals surface area contributed by atoms with Gasteiger partial charge in [0.25, 0.3) is 0 Å². The van der Waals surface area contributed by atoms with Crippen molar-refractivity contribution in [2.75, 3.05) is 7.11 Å². The van der Waals surface area contributed by atoms with Gasteiger partial charge >= 0.3 is 11.9 Å². The molecule has 1 aromatic heterocycles. The average molecular weight is 508 g/mol. The van der Waals surface area contributed by atoms with Crippen molar-refractivity contribution >= 4 is 23.8 Å². The number of fused-ring (bicyclic) bond motifs is 3. The number of carbonyl (C=O) groups excluding carboxylic acids is 2. The lowest BCUT2D eigenvalue weighted by Gasteiger charge is -2.24. The molecule has 1 N–H and O–H groups in total. The number of esters is 1. The van der Waals surface area contributed by atoms with Gasteiger partial charge in [0, 0.05) is 11.1 Å². The summed E-state index contributed by atoms with van der Waals surface area (Å²) in [6.07, 6.45) is 1.66. The molecule has 0 saturated carbocycles. The van der Waals surface area contributed by atoms with E-state index in [2.05, 4.69) is 0 Å². The number of carboxylic acid groups (broad SMARTS) is 1. The maximum atomic E-state index is 13.2. The van der Waals surface area contributed by atoms with Gasteiger partial charge in [0.1, 0.15) is 28.8 Å². The molecule has 8 heteroatoms. The number of methoxy groups -OCH3 is 1. The lowest BCUT2D eigenvalue weighted by molar-refractivity contribution is -0.135. The lowest BCUT2D eigenvalue weighted by atomic mass is 9.88. The number of Topliss-reactive ketones (excluding diaryl/α,β-unsaturated/α-hetero) is 1. The summed E-state index contributed by atoms with van der Waals surface area (Å²) in [5.74, 6) is 0.271. The number of benzene rings is 3. The van der Waals surface area contributed by atoms with Crippen molar-refractivity contribution in [2.24, 2.45) is 0 Å². The Hall–Kier alpha value is -5.11. The van der Waals surface area contributed by atoms with E-state index in [0.717, 1.165) is 5.56 Å². The first-order valence-electron chi connectivity index (χ1n) is 11.8. The molecular weight excluding hydrogens is 488 g/mol. The molecule has 0 spiro atoms. The van der Waals surface area contributed by atoms with Crippen LogP contribution in [0.5, 0.6) is 17.2 Å². The van der Waals surface area contributed by atoms with E-state index >= 15 is 0 Å². The van der Waals surface area contributed by atoms with Gasteiger partial charge in [0.2, 0.25) is 5.78 Å². The molecule has 4 aromatic rings. The van der Waals surface area contributed by atoms with Crippen LogP contribution in [-0.2, 0) is 4.79 Å². The molecule has 3 aromatic carbocycles. The fourth-order valence-electron chi connectivity index (χ4n) is 4.67. The van der Waals surface area contributed by atoms with E-state index in [-0.39, 0.29) is 23.5 Å². The molecule has 0 fully saturated rings. The van der Waals surface area contributed by atoms with Crippen LogP contribution in [0.4, 0.5) is 0 Å². The van der Waals surface area contributed by atoms with Crippen molar-refractivity contribution in [3.63, 3.8) is 0 Å². The van der Waals surface area contributed by atoms with Gasteiger partial charge < -0.3 is 23.7 Å². The third-order valence-electron chi connectivity index (χ3n) is 6.58. The normalized spacial score (nSPS) is 17.0. The third-order valence-corrected chi connectivity index (χ3v) is 6.58. The van der Waals surface area contributed by atoms with E-state index in [1.54, 1.807) is 61.7 Å². The molecule has 0 unspecified atom stereocenters. The summed E-state index contributed by atoms with van der Waals surface area (Å²) in [5, 5.41) is 9.14. The second kappa shape index (κ2) is 9.08. The molecule has 3 heterocycles. The van der Waals surface area contributed by atoms with E-state index in [1.165, 1.54) is 12.1 Å². The molecule has 38 heavy (non-hydrogen) atoms. The topological polar surface area (TPSA) is 112 Å². The maximum Gasteiger partial charge on any atom is 0.335 e. The standard InChI is InChI=1S/C30H20O8/c1-35-19-8-2-16(3-9-19)14-25-28(32)20-10-11-24-27(29(20)38-25)21(15-26(31)37-24)23-13-12-22(36-23)17-4-6-18(7-5-17)30(33)34/h2-14,21H,15H2,1H3,(H,33,34)/b25-14-/t21-/m1/s1. The average Bonchev–Trinajstić information content (AvgIpc) is 3.54. The fraction of sp³-hybridized carbons (Fsp3) is 0.100. The molecule has 2 aliphatic heterocycles. The Labute approximate surface area is 216 Å². The highest BCUT2D eigenvalue weighted by Crippen LogP contribution is 2.49. The summed E-state index contributed by atoms with van der Waals surface area (Å²) in [6, 6.07) is 20.2. The summed E-state index contributed by atoms with van der Waals surface area (Å²) in [5.41, 5.74) is 2.57. The zero-order chi connectivity index (χ0) is 26.4. The van der Waals surface area contributed by atoms with Gasteiger partial charge in [-0.15, -0.1) is 0 Å². The van der Waals surface area contributed by atoms with Crippen LogP contribution in [0.1, 0.15) is 49.9 Å². The van der Waals surface area contributed by atoms with E-state index in [1.807, 2.05) is 12.1 Å². The second-order valence-electron chi connectivity index (χ2n) is 8.88. The minimum Gasteiger partial charge on any atom is -0.497 e. The summed E-state index contributed by atoms with van der Waals surface area (Å²) in [4.78, 5) is 36.8. The van der Waals surface area contributed by atoms with Crippen LogP contribution in [0.2, 0.25) is 0 Å². The van der Waals surface area contributed by atoms with Crippen molar-refractivity contribution in [2.45, 2.75) is 12.3 Å². The number of ketones is 1. The number of furan rings is 1.